The summed E-state index contributed by atoms with van der Waals surface area (Å²) in [7, 11) is -1.40. The van der Waals surface area contributed by atoms with Crippen LogP contribution < -0.4 is 73.9 Å². The average molecular weight is 1790 g/mol. The third-order valence-electron chi connectivity index (χ3n) is 19.4. The van der Waals surface area contributed by atoms with Crippen LogP contribution in [0.15, 0.2) is 218 Å². The second-order valence-corrected chi connectivity index (χ2v) is 28.7. The number of nitrogen functional groups attached to an aromatic ring is 1. The van der Waals surface area contributed by atoms with Crippen molar-refractivity contribution in [2.45, 2.75) is 91.8 Å². The number of ether oxygens (including phenoxy) is 3. The summed E-state index contributed by atoms with van der Waals surface area (Å²) in [4.78, 5) is 112. The first-order valence-electron chi connectivity index (χ1n) is 39.7. The number of nitrogens with two attached hydrogens (primary N) is 4. The van der Waals surface area contributed by atoms with Gasteiger partial charge in [0, 0.05) is 75.8 Å². The molecule has 127 heavy (non-hydrogen) atoms. The number of carboxylic acid groups (broad SMARTS) is 2. The number of hydrogen-bond acceptors (Lipinski definition) is 22. The maximum Gasteiger partial charge on any atom is 1.00 e. The van der Waals surface area contributed by atoms with Gasteiger partial charge in [-0.3, -0.25) is 33.6 Å². The average Bonchev–Trinajstić information content (AvgIpc) is 1.73. The number of aromatic carboxylic acids is 1. The number of fused-ring (bicyclic) bond motifs is 4. The molecule has 3 amide bonds. The number of halogens is 3. The molecule has 0 fully saturated rings. The number of para-hydroxylation sites is 4. The van der Waals surface area contributed by atoms with Gasteiger partial charge in [-0.25, -0.2) is 24.7 Å². The summed E-state index contributed by atoms with van der Waals surface area (Å²) < 4.78 is 14.8. The fraction of sp³-hybridized carbons (Fsp3) is 0.179. The van der Waals surface area contributed by atoms with Gasteiger partial charge in [0.25, 0.3) is 17.7 Å². The van der Waals surface area contributed by atoms with Gasteiger partial charge >= 0.3 is 66.5 Å². The van der Waals surface area contributed by atoms with Gasteiger partial charge in [-0.05, 0) is 174 Å². The van der Waals surface area contributed by atoms with Crippen LogP contribution >= 0.6 is 35.6 Å². The standard InChI is InChI=1S/C26H25N3O3.C24H21N3O3.C19H17ClN2O3.C10H13NO2.C9H6ClNO2.C7H10BNO2.ClH.Na.H2O/c1-2-32-24(30)15-19-8-3-4-12-22(19)29-26(31)23-14-18-9-6-11-21(18)25(28-23)20-10-5-7-17(13-20)16-27;25-14-15-5-3-8-18(11-15)23-19-9-4-7-16(19)12-21(26-23)24(30)27-20-10-2-1-6-17(20)13-22(28)29;1-2-25-17(23)11-13-6-3-4-9-15(13)22-19(24)16-10-12-7-5-8-14(12)18(20)21-16;1-2-13-10(12)7-8-5-3-4-6-9(8)11;10-8-6-3-1-2-5(6)4-7(11-8)9(12)13;9-5-6-2-1-3-7(4-6)8(10)11;;;/h3-8,10-14H,2,9,15-16,27H2,1H3,(H,29,31);1-6,8-12H,7,13-14,25H2,(H,27,30)(H,28,29);3-6,8-10H,2,7,11H2,1H3,(H,22,24);3-6H,2,7,11H2,1H3;1,3-4H,2H2,(H,12,13);1-4,10-11H,5,9H2;1H;;1H2/q;;;;;;;+1;/p-1. The Hall–Kier alpha value is -12.6. The summed E-state index contributed by atoms with van der Waals surface area (Å²) >= 11 is 11.9. The van der Waals surface area contributed by atoms with E-state index in [2.05, 4.69) is 37.0 Å². The number of aromatic nitrogens is 4. The summed E-state index contributed by atoms with van der Waals surface area (Å²) in [5, 5.41) is 44.5. The van der Waals surface area contributed by atoms with E-state index in [1.807, 2.05) is 134 Å². The van der Waals surface area contributed by atoms with E-state index in [0.717, 1.165) is 115 Å². The Morgan fingerprint density at radius 2 is 0.732 bits per heavy atom. The van der Waals surface area contributed by atoms with Gasteiger partial charge in [-0.1, -0.05) is 205 Å². The van der Waals surface area contributed by atoms with Gasteiger partial charge in [-0.2, -0.15) is 0 Å². The van der Waals surface area contributed by atoms with Gasteiger partial charge in [0.2, 0.25) is 0 Å². The Morgan fingerprint density at radius 3 is 1.10 bits per heavy atom. The van der Waals surface area contributed by atoms with Crippen molar-refractivity contribution in [2.75, 3.05) is 41.5 Å². The molecule has 4 aliphatic rings. The molecule has 11 aromatic rings. The molecule has 0 unspecified atom stereocenters. The smallest absolute Gasteiger partial charge is 0.870 e. The van der Waals surface area contributed by atoms with Crippen molar-refractivity contribution in [3.05, 3.63) is 335 Å². The molecule has 16 N–H and O–H groups in total. The van der Waals surface area contributed by atoms with Crippen molar-refractivity contribution in [3.8, 4) is 22.5 Å². The van der Waals surface area contributed by atoms with Crippen LogP contribution in [0.1, 0.15) is 146 Å². The zero-order valence-electron chi connectivity index (χ0n) is 70.1. The van der Waals surface area contributed by atoms with Crippen LogP contribution in [0.4, 0.5) is 22.7 Å². The van der Waals surface area contributed by atoms with E-state index in [0.29, 0.717) is 95.2 Å². The van der Waals surface area contributed by atoms with E-state index in [1.54, 1.807) is 124 Å². The number of rotatable bonds is 24. The minimum Gasteiger partial charge on any atom is -0.870 e. The summed E-state index contributed by atoms with van der Waals surface area (Å²) in [6, 6.07) is 58.0. The predicted molar refractivity (Wildman–Crippen MR) is 491 cm³/mol. The van der Waals surface area contributed by atoms with Crippen LogP contribution in [0.2, 0.25) is 10.3 Å². The monoisotopic (exact) mass is 1780 g/mol. The van der Waals surface area contributed by atoms with Crippen LogP contribution in [0.3, 0.4) is 0 Å². The molecule has 0 saturated carbocycles. The van der Waals surface area contributed by atoms with E-state index in [9.17, 15) is 38.4 Å². The first kappa shape index (κ1) is 101. The SMILES string of the molecule is CCOC(=O)Cc1ccccc1N.CCOC(=O)Cc1ccccc1NC(=O)c1cc2c(c(-c3cccc(CN)c3)n1)C=CC2.CCOC(=O)Cc1ccccc1NC(=O)c1cc2c(c(Cl)n1)C=CC2.Cl.NCc1cccc(-c2nc(C(=O)Nc3ccccc3CC(=O)O)cc3c2C=CC3)c1.NCc1cccc(B(O)O)c1.O=C(O)c1cc2c(c(Cl)n1)C=CC2.[Na+].[OH-]. The second-order valence-electron chi connectivity index (χ2n) is 28.0. The van der Waals surface area contributed by atoms with Crippen molar-refractivity contribution >= 4 is 143 Å². The van der Waals surface area contributed by atoms with E-state index in [4.69, 9.17) is 85.6 Å². The number of nitrogens with zero attached hydrogens (tertiary/aromatic N) is 4. The third-order valence-corrected chi connectivity index (χ3v) is 19.9. The Labute approximate surface area is 773 Å². The largest absolute Gasteiger partial charge is 1.00 e. The van der Waals surface area contributed by atoms with Crippen molar-refractivity contribution in [2.24, 2.45) is 17.2 Å². The van der Waals surface area contributed by atoms with E-state index in [1.165, 1.54) is 0 Å². The van der Waals surface area contributed by atoms with Crippen molar-refractivity contribution in [1.29, 1.82) is 0 Å². The number of carbonyl (C=O) groups excluding carboxylic acids is 6. The molecule has 15 rings (SSSR count). The molecular weight excluding hydrogens is 1690 g/mol. The first-order chi connectivity index (χ1) is 59.9. The van der Waals surface area contributed by atoms with Crippen LogP contribution in [0, 0.1) is 0 Å². The van der Waals surface area contributed by atoms with Crippen molar-refractivity contribution < 1.29 is 108 Å². The molecule has 7 aromatic carbocycles. The normalized spacial score (nSPS) is 11.3. The predicted octanol–water partition coefficient (Wildman–Crippen LogP) is 10.9. The van der Waals surface area contributed by atoms with E-state index < -0.39 is 19.1 Å². The van der Waals surface area contributed by atoms with Gasteiger partial charge in [-0.15, -0.1) is 12.4 Å². The molecule has 27 nitrogen and oxygen atoms in total. The minimum atomic E-state index is -1.40. The van der Waals surface area contributed by atoms with Crippen LogP contribution in [-0.4, -0.2) is 120 Å². The number of anilines is 4. The molecule has 650 valence electrons. The van der Waals surface area contributed by atoms with Crippen LogP contribution in [0.25, 0.3) is 46.8 Å². The number of pyridine rings is 4. The molecular formula is C95H94BCl3N11NaO16. The Kier molecular flexibility index (Phi) is 40.3. The van der Waals surface area contributed by atoms with Gasteiger partial charge in [0.05, 0.1) is 56.9 Å². The molecule has 0 radical (unpaired) electrons. The molecule has 0 spiro atoms. The number of aliphatic carboxylic acids is 1. The van der Waals surface area contributed by atoms with Gasteiger partial charge in [0.15, 0.2) is 0 Å². The zero-order chi connectivity index (χ0) is 88.8. The number of nitrogens with one attached hydrogen (secondary N) is 3. The quantitative estimate of drug-likeness (QED) is 0.00880. The fourth-order valence-electron chi connectivity index (χ4n) is 13.4. The number of carbonyl (C=O) groups is 8. The summed E-state index contributed by atoms with van der Waals surface area (Å²) in [6.07, 6.45) is 19.1. The van der Waals surface area contributed by atoms with Crippen LogP contribution in [0.5, 0.6) is 0 Å². The molecule has 0 bridgehead atoms. The summed E-state index contributed by atoms with van der Waals surface area (Å²) in [6.45, 7) is 7.62. The summed E-state index contributed by atoms with van der Waals surface area (Å²) in [5.41, 5.74) is 42.9. The minimum absolute atomic E-state index is 0. The van der Waals surface area contributed by atoms with Crippen molar-refractivity contribution in [1.82, 2.24) is 19.9 Å². The Morgan fingerprint density at radius 1 is 0.409 bits per heavy atom. The Bertz CT molecular complexity index is 5920. The number of benzene rings is 7. The molecule has 4 heterocycles. The van der Waals surface area contributed by atoms with E-state index >= 15 is 0 Å². The zero-order valence-corrected chi connectivity index (χ0v) is 74.4. The van der Waals surface area contributed by atoms with Crippen LogP contribution in [-0.2, 0) is 104 Å². The molecule has 0 aliphatic heterocycles. The topological polar surface area (TPSA) is 467 Å². The number of amides is 3. The fourth-order valence-corrected chi connectivity index (χ4v) is 13.9. The Balaban J connectivity index is 0.000000217. The van der Waals surface area contributed by atoms with Crippen molar-refractivity contribution in [3.63, 3.8) is 0 Å². The number of allylic oxidation sites excluding steroid dienone is 4. The molecule has 0 atom stereocenters. The molecule has 4 aromatic heterocycles. The second kappa shape index (κ2) is 50.5. The van der Waals surface area contributed by atoms with Gasteiger partial charge in [0.1, 0.15) is 33.1 Å². The maximum absolute atomic E-state index is 13.2. The number of carboxylic acids is 2. The van der Waals surface area contributed by atoms with Gasteiger partial charge < -0.3 is 78.8 Å². The first-order valence-corrected chi connectivity index (χ1v) is 40.4. The number of hydrogen-bond donors (Lipinski definition) is 11. The molecule has 32 heteroatoms. The maximum atomic E-state index is 13.2. The number of esters is 3. The summed E-state index contributed by atoms with van der Waals surface area (Å²) in [5.74, 6) is -3.98. The molecule has 0 saturated heterocycles. The molecule has 4 aliphatic carbocycles. The third kappa shape index (κ3) is 28.9. The van der Waals surface area contributed by atoms with E-state index in [-0.39, 0.29) is 131 Å².